The molecule has 6 heteroatoms. The van der Waals surface area contributed by atoms with E-state index >= 15 is 0 Å². The van der Waals surface area contributed by atoms with Crippen LogP contribution in [-0.2, 0) is 16.0 Å². The van der Waals surface area contributed by atoms with Crippen LogP contribution in [0.1, 0.15) is 36.3 Å². The molecule has 0 saturated carbocycles. The van der Waals surface area contributed by atoms with Gasteiger partial charge in [0.05, 0.1) is 17.5 Å². The molecule has 1 aromatic rings. The summed E-state index contributed by atoms with van der Waals surface area (Å²) in [5, 5.41) is 6.80. The van der Waals surface area contributed by atoms with E-state index in [1.807, 2.05) is 18.7 Å². The van der Waals surface area contributed by atoms with Crippen molar-refractivity contribution in [2.45, 2.75) is 39.5 Å². The highest BCUT2D eigenvalue weighted by atomic mass is 16.5. The van der Waals surface area contributed by atoms with Gasteiger partial charge in [0, 0.05) is 25.2 Å². The lowest BCUT2D eigenvalue weighted by molar-refractivity contribution is -0.137. The Labute approximate surface area is 123 Å². The second kappa shape index (κ2) is 5.16. The summed E-state index contributed by atoms with van der Waals surface area (Å²) in [6.07, 6.45) is 2.77. The highest BCUT2D eigenvalue weighted by molar-refractivity contribution is 5.85. The van der Waals surface area contributed by atoms with Crippen molar-refractivity contribution in [3.05, 3.63) is 17.0 Å². The van der Waals surface area contributed by atoms with Crippen LogP contribution in [0.4, 0.5) is 0 Å². The van der Waals surface area contributed by atoms with Crippen molar-refractivity contribution >= 4 is 11.8 Å². The van der Waals surface area contributed by atoms with Gasteiger partial charge < -0.3 is 14.7 Å². The van der Waals surface area contributed by atoms with E-state index in [2.05, 4.69) is 10.5 Å². The highest BCUT2D eigenvalue weighted by Crippen LogP contribution is 2.38. The van der Waals surface area contributed by atoms with E-state index in [1.165, 1.54) is 0 Å². The zero-order valence-corrected chi connectivity index (χ0v) is 12.6. The second-order valence-electron chi connectivity index (χ2n) is 6.15. The first-order valence-corrected chi connectivity index (χ1v) is 7.50. The molecular formula is C15H21N3O3. The Bertz CT molecular complexity index is 551. The summed E-state index contributed by atoms with van der Waals surface area (Å²) in [6, 6.07) is 0. The van der Waals surface area contributed by atoms with Gasteiger partial charge in [0.1, 0.15) is 5.76 Å². The minimum atomic E-state index is -0.222. The lowest BCUT2D eigenvalue weighted by atomic mass is 9.77. The van der Waals surface area contributed by atoms with Crippen molar-refractivity contribution in [3.63, 3.8) is 0 Å². The predicted octanol–water partition coefficient (Wildman–Crippen LogP) is 0.963. The van der Waals surface area contributed by atoms with Gasteiger partial charge in [-0.1, -0.05) is 5.16 Å². The third kappa shape index (κ3) is 2.43. The molecule has 2 amide bonds. The number of amides is 2. The monoisotopic (exact) mass is 291 g/mol. The van der Waals surface area contributed by atoms with Crippen molar-refractivity contribution in [1.82, 2.24) is 15.4 Å². The fourth-order valence-corrected chi connectivity index (χ4v) is 3.39. The predicted molar refractivity (Wildman–Crippen MR) is 75.6 cm³/mol. The molecule has 0 atom stereocenters. The molecule has 2 aliphatic rings. The molecule has 0 aliphatic carbocycles. The molecule has 0 radical (unpaired) electrons. The molecule has 2 fully saturated rings. The fraction of sp³-hybridized carbons (Fsp3) is 0.667. The number of nitrogens with one attached hydrogen (secondary N) is 1. The number of rotatable bonds is 2. The third-order valence-corrected chi connectivity index (χ3v) is 4.95. The Morgan fingerprint density at radius 1 is 1.33 bits per heavy atom. The van der Waals surface area contributed by atoms with Crippen molar-refractivity contribution < 1.29 is 14.1 Å². The van der Waals surface area contributed by atoms with Crippen LogP contribution in [0.5, 0.6) is 0 Å². The molecule has 0 aromatic carbocycles. The Kier molecular flexibility index (Phi) is 3.47. The van der Waals surface area contributed by atoms with Crippen LogP contribution < -0.4 is 5.32 Å². The number of aromatic nitrogens is 1. The minimum absolute atomic E-state index is 0.0951. The maximum absolute atomic E-state index is 12.4. The normalized spacial score (nSPS) is 20.9. The lowest BCUT2D eigenvalue weighted by Crippen LogP contribution is -2.46. The summed E-state index contributed by atoms with van der Waals surface area (Å²) in [5.74, 6) is 0.975. The zero-order chi connectivity index (χ0) is 15.0. The largest absolute Gasteiger partial charge is 0.361 e. The number of nitrogens with zero attached hydrogens (tertiary/aromatic N) is 2. The molecule has 2 aliphatic heterocycles. The standard InChI is InChI=1S/C15H21N3O3/c1-10-12(11(2)21-17-10)9-13(19)18-7-4-15(5-8-18)3-6-16-14(15)20/h3-9H2,1-2H3,(H,16,20). The number of hydrogen-bond acceptors (Lipinski definition) is 4. The maximum atomic E-state index is 12.4. The van der Waals surface area contributed by atoms with Crippen molar-refractivity contribution in [1.29, 1.82) is 0 Å². The van der Waals surface area contributed by atoms with Gasteiger partial charge in [0.2, 0.25) is 11.8 Å². The Morgan fingerprint density at radius 3 is 2.57 bits per heavy atom. The number of carbonyl (C=O) groups excluding carboxylic acids is 2. The van der Waals surface area contributed by atoms with Crippen LogP contribution >= 0.6 is 0 Å². The van der Waals surface area contributed by atoms with E-state index in [1.54, 1.807) is 0 Å². The summed E-state index contributed by atoms with van der Waals surface area (Å²) in [4.78, 5) is 26.2. The van der Waals surface area contributed by atoms with Gasteiger partial charge >= 0.3 is 0 Å². The minimum Gasteiger partial charge on any atom is -0.361 e. The molecule has 114 valence electrons. The number of aryl methyl sites for hydroxylation is 2. The van der Waals surface area contributed by atoms with Gasteiger partial charge in [-0.2, -0.15) is 0 Å². The average molecular weight is 291 g/mol. The van der Waals surface area contributed by atoms with Crippen LogP contribution in [-0.4, -0.2) is 41.5 Å². The molecule has 0 unspecified atom stereocenters. The van der Waals surface area contributed by atoms with Gasteiger partial charge in [-0.3, -0.25) is 9.59 Å². The van der Waals surface area contributed by atoms with Crippen molar-refractivity contribution in [2.24, 2.45) is 5.41 Å². The van der Waals surface area contributed by atoms with E-state index in [9.17, 15) is 9.59 Å². The lowest BCUT2D eigenvalue weighted by Gasteiger charge is -2.37. The Hall–Kier alpha value is -1.85. The first kappa shape index (κ1) is 14.1. The third-order valence-electron chi connectivity index (χ3n) is 4.95. The summed E-state index contributed by atoms with van der Waals surface area (Å²) in [7, 11) is 0. The fourth-order valence-electron chi connectivity index (χ4n) is 3.39. The molecular weight excluding hydrogens is 270 g/mol. The number of likely N-dealkylation sites (tertiary alicyclic amines) is 1. The van der Waals surface area contributed by atoms with Gasteiger partial charge in [0.25, 0.3) is 0 Å². The van der Waals surface area contributed by atoms with Crippen LogP contribution in [0.25, 0.3) is 0 Å². The van der Waals surface area contributed by atoms with Crippen LogP contribution in [0.2, 0.25) is 0 Å². The smallest absolute Gasteiger partial charge is 0.227 e. The van der Waals surface area contributed by atoms with E-state index in [0.717, 1.165) is 37.1 Å². The SMILES string of the molecule is Cc1noc(C)c1CC(=O)N1CCC2(CCNC2=O)CC1. The van der Waals surface area contributed by atoms with Crippen LogP contribution in [0, 0.1) is 19.3 Å². The number of piperidine rings is 1. The topological polar surface area (TPSA) is 75.4 Å². The number of carbonyl (C=O) groups is 2. The molecule has 1 N–H and O–H groups in total. The molecule has 21 heavy (non-hydrogen) atoms. The van der Waals surface area contributed by atoms with E-state index in [-0.39, 0.29) is 17.2 Å². The number of hydrogen-bond donors (Lipinski definition) is 1. The quantitative estimate of drug-likeness (QED) is 0.880. The van der Waals surface area contributed by atoms with Gasteiger partial charge in [-0.05, 0) is 33.1 Å². The average Bonchev–Trinajstić information content (AvgIpc) is 2.98. The van der Waals surface area contributed by atoms with E-state index in [0.29, 0.717) is 25.3 Å². The van der Waals surface area contributed by atoms with E-state index < -0.39 is 0 Å². The van der Waals surface area contributed by atoms with Crippen LogP contribution in [0.15, 0.2) is 4.52 Å². The van der Waals surface area contributed by atoms with Crippen LogP contribution in [0.3, 0.4) is 0 Å². The van der Waals surface area contributed by atoms with E-state index in [4.69, 9.17) is 4.52 Å². The van der Waals surface area contributed by atoms with Crippen molar-refractivity contribution in [2.75, 3.05) is 19.6 Å². The highest BCUT2D eigenvalue weighted by Gasteiger charge is 2.44. The van der Waals surface area contributed by atoms with Crippen molar-refractivity contribution in [3.8, 4) is 0 Å². The molecule has 3 rings (SSSR count). The van der Waals surface area contributed by atoms with Gasteiger partial charge in [-0.15, -0.1) is 0 Å². The summed E-state index contributed by atoms with van der Waals surface area (Å²) in [5.41, 5.74) is 1.45. The molecule has 1 aromatic heterocycles. The summed E-state index contributed by atoms with van der Waals surface area (Å²) >= 11 is 0. The molecule has 0 bridgehead atoms. The van der Waals surface area contributed by atoms with Gasteiger partial charge in [0.15, 0.2) is 0 Å². The zero-order valence-electron chi connectivity index (χ0n) is 12.6. The first-order chi connectivity index (χ1) is 10.0. The Balaban J connectivity index is 1.62. The summed E-state index contributed by atoms with van der Waals surface area (Å²) < 4.78 is 5.10. The maximum Gasteiger partial charge on any atom is 0.227 e. The first-order valence-electron chi connectivity index (χ1n) is 7.50. The molecule has 6 nitrogen and oxygen atoms in total. The second-order valence-corrected chi connectivity index (χ2v) is 6.15. The molecule has 1 spiro atoms. The molecule has 3 heterocycles. The molecule has 2 saturated heterocycles. The summed E-state index contributed by atoms with van der Waals surface area (Å²) in [6.45, 7) is 5.78. The Morgan fingerprint density at radius 2 is 2.05 bits per heavy atom. The van der Waals surface area contributed by atoms with Gasteiger partial charge in [-0.25, -0.2) is 0 Å².